The van der Waals surface area contributed by atoms with Crippen LogP contribution in [0.3, 0.4) is 0 Å². The van der Waals surface area contributed by atoms with Crippen molar-refractivity contribution in [2.45, 2.75) is 103 Å². The number of rotatable bonds is 15. The molecule has 6 nitrogen and oxygen atoms in total. The molecule has 0 aliphatic heterocycles. The van der Waals surface area contributed by atoms with Crippen LogP contribution in [0.4, 0.5) is 0 Å². The highest BCUT2D eigenvalue weighted by molar-refractivity contribution is 6.29. The van der Waals surface area contributed by atoms with Crippen molar-refractivity contribution in [1.29, 1.82) is 0 Å². The van der Waals surface area contributed by atoms with E-state index in [1.54, 1.807) is 0 Å². The normalized spacial score (nSPS) is 21.3. The van der Waals surface area contributed by atoms with Gasteiger partial charge in [0, 0.05) is 15.1 Å². The van der Waals surface area contributed by atoms with Gasteiger partial charge in [0.05, 0.1) is 17.8 Å². The molecule has 3 fully saturated rings. The van der Waals surface area contributed by atoms with E-state index in [2.05, 4.69) is 117 Å². The van der Waals surface area contributed by atoms with E-state index in [1.807, 2.05) is 130 Å². The molecule has 408 valence electrons. The number of esters is 3. The molecule has 9 heteroatoms. The average Bonchev–Trinajstić information content (AvgIpc) is 4.32. The maximum absolute atomic E-state index is 12.6. The SMILES string of the molecule is C/C(Cl)=C/C1C(C(=O)OCc2cccc(-c3ccccc3)c2C)C1(C)C.C/C(Cl)=C/[C@@H]1[C@H](C(=O)OCc2cccc(-c3ccccc3)c2C)C1(C)C.C/C(Cl)=C/[C@H]1[C@@H](C(=O)OCc2cccc(-c3ccccc3)c2C)C1(C)C. The second-order valence-electron chi connectivity index (χ2n) is 22.9. The Balaban J connectivity index is 0.000000170. The van der Waals surface area contributed by atoms with Gasteiger partial charge in [-0.25, -0.2) is 0 Å². The van der Waals surface area contributed by atoms with Crippen LogP contribution in [-0.4, -0.2) is 17.9 Å². The quantitative estimate of drug-likeness (QED) is 0.0753. The molecule has 0 aromatic heterocycles. The van der Waals surface area contributed by atoms with Gasteiger partial charge in [-0.2, -0.15) is 0 Å². The lowest BCUT2D eigenvalue weighted by molar-refractivity contribution is -0.148. The van der Waals surface area contributed by atoms with Gasteiger partial charge < -0.3 is 14.2 Å². The summed E-state index contributed by atoms with van der Waals surface area (Å²) in [6.07, 6.45) is 5.90. The number of carbonyl (C=O) groups is 3. The van der Waals surface area contributed by atoms with Gasteiger partial charge in [-0.1, -0.05) is 240 Å². The molecule has 0 spiro atoms. The van der Waals surface area contributed by atoms with Crippen LogP contribution in [0.2, 0.25) is 0 Å². The lowest BCUT2D eigenvalue weighted by Gasteiger charge is -2.12. The molecule has 3 saturated carbocycles. The zero-order chi connectivity index (χ0) is 56.7. The zero-order valence-corrected chi connectivity index (χ0v) is 49.5. The molecule has 0 bridgehead atoms. The maximum Gasteiger partial charge on any atom is 0.310 e. The van der Waals surface area contributed by atoms with Crippen LogP contribution >= 0.6 is 34.8 Å². The molecule has 3 aliphatic carbocycles. The molecular formula is C69H75Cl3O6. The van der Waals surface area contributed by atoms with Gasteiger partial charge in [0.1, 0.15) is 19.8 Å². The largest absolute Gasteiger partial charge is 0.461 e. The number of halogens is 3. The molecule has 0 saturated heterocycles. The van der Waals surface area contributed by atoms with E-state index in [0.29, 0.717) is 19.8 Å². The number of ether oxygens (including phenoxy) is 3. The first kappa shape index (κ1) is 59.5. The minimum atomic E-state index is -0.140. The molecule has 6 aromatic rings. The molecule has 2 unspecified atom stereocenters. The van der Waals surface area contributed by atoms with Crippen molar-refractivity contribution in [1.82, 2.24) is 0 Å². The second-order valence-corrected chi connectivity index (χ2v) is 24.7. The zero-order valence-electron chi connectivity index (χ0n) is 47.3. The van der Waals surface area contributed by atoms with E-state index in [4.69, 9.17) is 49.0 Å². The van der Waals surface area contributed by atoms with Gasteiger partial charge in [-0.05, 0) is 142 Å². The van der Waals surface area contributed by atoms with Crippen molar-refractivity contribution < 1.29 is 28.6 Å². The fourth-order valence-electron chi connectivity index (χ4n) is 11.1. The first-order valence-corrected chi connectivity index (χ1v) is 28.0. The summed E-state index contributed by atoms with van der Waals surface area (Å²) in [5.74, 6) is -0.301. The Hall–Kier alpha value is -6.18. The summed E-state index contributed by atoms with van der Waals surface area (Å²) in [6, 6.07) is 49.2. The Morgan fingerprint density at radius 2 is 0.615 bits per heavy atom. The van der Waals surface area contributed by atoms with Crippen molar-refractivity contribution in [3.63, 3.8) is 0 Å². The van der Waals surface area contributed by atoms with Crippen LogP contribution in [0.1, 0.15) is 95.7 Å². The fourth-order valence-corrected chi connectivity index (χ4v) is 11.5. The van der Waals surface area contributed by atoms with Gasteiger partial charge in [-0.3, -0.25) is 14.4 Å². The van der Waals surface area contributed by atoms with Gasteiger partial charge in [-0.15, -0.1) is 0 Å². The molecule has 78 heavy (non-hydrogen) atoms. The van der Waals surface area contributed by atoms with Crippen LogP contribution in [0.5, 0.6) is 0 Å². The average molecular weight is 1110 g/mol. The summed E-state index contributed by atoms with van der Waals surface area (Å²) in [7, 11) is 0. The molecule has 6 aromatic carbocycles. The topological polar surface area (TPSA) is 78.9 Å². The standard InChI is InChI=1S/3C23H25ClO2/c3*1-15(24)13-20-21(23(20,3)4)22(25)26-14-18-11-8-12-19(16(18)2)17-9-6-5-7-10-17/h3*5-13,20-21H,14H2,1-4H3/b3*15-13-/t2*20-,21-;/m10./s1. The predicted octanol–water partition coefficient (Wildman–Crippen LogP) is 18.4. The number of hydrogen-bond acceptors (Lipinski definition) is 6. The lowest BCUT2D eigenvalue weighted by atomic mass is 9.97. The second kappa shape index (κ2) is 25.3. The third kappa shape index (κ3) is 14.2. The van der Waals surface area contributed by atoms with Gasteiger partial charge in [0.15, 0.2) is 0 Å². The molecule has 3 aliphatic rings. The van der Waals surface area contributed by atoms with Gasteiger partial charge in [0.25, 0.3) is 0 Å². The minimum absolute atomic E-state index is 0.0891. The highest BCUT2D eigenvalue weighted by Gasteiger charge is 2.63. The van der Waals surface area contributed by atoms with Crippen LogP contribution in [0.25, 0.3) is 33.4 Å². The summed E-state index contributed by atoms with van der Waals surface area (Å²) >= 11 is 18.0. The Morgan fingerprint density at radius 3 is 0.833 bits per heavy atom. The lowest BCUT2D eigenvalue weighted by Crippen LogP contribution is -2.11. The van der Waals surface area contributed by atoms with Gasteiger partial charge >= 0.3 is 17.9 Å². The number of hydrogen-bond donors (Lipinski definition) is 0. The van der Waals surface area contributed by atoms with Crippen molar-refractivity contribution in [2.24, 2.45) is 51.8 Å². The predicted molar refractivity (Wildman–Crippen MR) is 320 cm³/mol. The number of carbonyl (C=O) groups excluding carboxylic acids is 3. The number of benzene rings is 6. The van der Waals surface area contributed by atoms with E-state index < -0.39 is 0 Å². The Bertz CT molecular complexity index is 2840. The molecule has 9 rings (SSSR count). The first-order valence-electron chi connectivity index (χ1n) is 26.9. The smallest absolute Gasteiger partial charge is 0.310 e. The molecule has 0 radical (unpaired) electrons. The van der Waals surface area contributed by atoms with E-state index in [1.165, 1.54) is 33.4 Å². The fraction of sp³-hybridized carbons (Fsp3) is 0.348. The van der Waals surface area contributed by atoms with Crippen molar-refractivity contribution in [3.8, 4) is 33.4 Å². The molecular weight excluding hydrogens is 1030 g/mol. The Morgan fingerprint density at radius 1 is 0.385 bits per heavy atom. The Kier molecular flexibility index (Phi) is 19.3. The van der Waals surface area contributed by atoms with Gasteiger partial charge in [0.2, 0.25) is 0 Å². The summed E-state index contributed by atoms with van der Waals surface area (Å²) < 4.78 is 17.0. The maximum atomic E-state index is 12.6. The third-order valence-electron chi connectivity index (χ3n) is 16.4. The van der Waals surface area contributed by atoms with Crippen molar-refractivity contribution >= 4 is 52.7 Å². The van der Waals surface area contributed by atoms with Crippen molar-refractivity contribution in [2.75, 3.05) is 0 Å². The molecule has 6 atom stereocenters. The van der Waals surface area contributed by atoms with E-state index in [0.717, 1.165) is 48.5 Å². The first-order chi connectivity index (χ1) is 37.0. The van der Waals surface area contributed by atoms with Crippen LogP contribution in [0.15, 0.2) is 179 Å². The van der Waals surface area contributed by atoms with E-state index in [-0.39, 0.29) is 69.7 Å². The Labute approximate surface area is 478 Å². The summed E-state index contributed by atoms with van der Waals surface area (Å²) in [5, 5.41) is 2.18. The molecule has 0 heterocycles. The summed E-state index contributed by atoms with van der Waals surface area (Å²) in [4.78, 5) is 37.7. The molecule has 0 amide bonds. The molecule has 0 N–H and O–H groups in total. The van der Waals surface area contributed by atoms with Crippen LogP contribution < -0.4 is 0 Å². The minimum Gasteiger partial charge on any atom is -0.461 e. The monoisotopic (exact) mass is 1100 g/mol. The van der Waals surface area contributed by atoms with Crippen LogP contribution in [-0.2, 0) is 48.4 Å². The third-order valence-corrected chi connectivity index (χ3v) is 16.8. The highest BCUT2D eigenvalue weighted by atomic mass is 35.5. The summed E-state index contributed by atoms with van der Waals surface area (Å²) in [6.45, 7) is 25.2. The summed E-state index contributed by atoms with van der Waals surface area (Å²) in [5.41, 5.74) is 13.3. The van der Waals surface area contributed by atoms with Crippen LogP contribution in [0, 0.1) is 72.5 Å². The van der Waals surface area contributed by atoms with E-state index in [9.17, 15) is 14.4 Å². The number of allylic oxidation sites excluding steroid dienone is 6. The van der Waals surface area contributed by atoms with E-state index >= 15 is 0 Å². The highest BCUT2D eigenvalue weighted by Crippen LogP contribution is 2.62. The van der Waals surface area contributed by atoms with Crippen molar-refractivity contribution in [3.05, 3.63) is 212 Å².